The molecule has 3 heterocycles. The second-order valence-corrected chi connectivity index (χ2v) is 8.13. The maximum absolute atomic E-state index is 13.2. The summed E-state index contributed by atoms with van der Waals surface area (Å²) in [6.45, 7) is 0. The lowest BCUT2D eigenvalue weighted by atomic mass is 10.2. The molecule has 156 valence electrons. The minimum absolute atomic E-state index is 0.168. The summed E-state index contributed by atoms with van der Waals surface area (Å²) in [5.74, 6) is 1.11. The summed E-state index contributed by atoms with van der Waals surface area (Å²) in [5, 5.41) is 8.29. The second-order valence-electron chi connectivity index (χ2n) is 7.15. The fourth-order valence-electron chi connectivity index (χ4n) is 3.67. The van der Waals surface area contributed by atoms with Crippen LogP contribution in [0.15, 0.2) is 70.7 Å². The Morgan fingerprint density at radius 2 is 2.06 bits per heavy atom. The van der Waals surface area contributed by atoms with Crippen LogP contribution in [0.25, 0.3) is 16.7 Å². The van der Waals surface area contributed by atoms with Gasteiger partial charge in [0.25, 0.3) is 5.56 Å². The van der Waals surface area contributed by atoms with Gasteiger partial charge in [-0.25, -0.2) is 9.67 Å². The Balaban J connectivity index is 1.42. The van der Waals surface area contributed by atoms with E-state index in [9.17, 15) is 9.59 Å². The van der Waals surface area contributed by atoms with E-state index < -0.39 is 0 Å². The van der Waals surface area contributed by atoms with E-state index >= 15 is 0 Å². The number of nitrogens with zero attached hydrogens (tertiary/aromatic N) is 4. The highest BCUT2D eigenvalue weighted by Crippen LogP contribution is 2.33. The highest BCUT2D eigenvalue weighted by Gasteiger charge is 2.29. The number of rotatable bonds is 5. The molecule has 0 radical (unpaired) electrons. The molecule has 0 spiro atoms. The number of nitrogens with one attached hydrogen (secondary N) is 1. The predicted molar refractivity (Wildman–Crippen MR) is 119 cm³/mol. The van der Waals surface area contributed by atoms with E-state index in [4.69, 9.17) is 9.72 Å². The van der Waals surface area contributed by atoms with Gasteiger partial charge in [0.05, 0.1) is 25.0 Å². The van der Waals surface area contributed by atoms with Crippen molar-refractivity contribution in [2.75, 3.05) is 18.2 Å². The lowest BCUT2D eigenvalue weighted by molar-refractivity contribution is -0.116. The first-order valence-corrected chi connectivity index (χ1v) is 10.7. The summed E-state index contributed by atoms with van der Waals surface area (Å²) in [6.07, 6.45) is 1.72. The van der Waals surface area contributed by atoms with Crippen molar-refractivity contribution < 1.29 is 9.53 Å². The number of benzene rings is 2. The van der Waals surface area contributed by atoms with Gasteiger partial charge in [0.15, 0.2) is 10.8 Å². The maximum atomic E-state index is 13.2. The van der Waals surface area contributed by atoms with Gasteiger partial charge in [0, 0.05) is 23.9 Å². The van der Waals surface area contributed by atoms with E-state index in [1.54, 1.807) is 34.7 Å². The molecule has 0 fully saturated rings. The SMILES string of the molecule is COc1cccc(NC(=O)C[C@H]2CSc3nc4c(cnn4-c4ccccc4)c(=O)n32)c1. The monoisotopic (exact) mass is 433 g/mol. The predicted octanol–water partition coefficient (Wildman–Crippen LogP) is 3.27. The standard InChI is InChI=1S/C22H19N5O3S/c1-30-17-9-5-6-14(10-17)24-19(28)11-16-13-31-22-25-20-18(21(29)26(16)22)12-23-27(20)15-7-3-2-4-8-15/h2-10,12,16H,11,13H2,1H3,(H,24,28)/t16-/m0/s1. The van der Waals surface area contributed by atoms with Gasteiger partial charge in [-0.3, -0.25) is 14.2 Å². The number of carbonyl (C=O) groups is 1. The quantitative estimate of drug-likeness (QED) is 0.486. The van der Waals surface area contributed by atoms with Crippen LogP contribution in [0.5, 0.6) is 5.75 Å². The summed E-state index contributed by atoms with van der Waals surface area (Å²) < 4.78 is 8.48. The summed E-state index contributed by atoms with van der Waals surface area (Å²) in [4.78, 5) is 30.5. The highest BCUT2D eigenvalue weighted by atomic mass is 32.2. The molecule has 1 aliphatic heterocycles. The Bertz CT molecular complexity index is 1330. The smallest absolute Gasteiger partial charge is 0.265 e. The molecule has 8 nitrogen and oxygen atoms in total. The number of hydrogen-bond donors (Lipinski definition) is 1. The van der Waals surface area contributed by atoms with Crippen LogP contribution in [0.4, 0.5) is 5.69 Å². The van der Waals surface area contributed by atoms with Gasteiger partial charge in [0.1, 0.15) is 11.1 Å². The Morgan fingerprint density at radius 3 is 2.87 bits per heavy atom. The average Bonchev–Trinajstić information content (AvgIpc) is 3.39. The molecule has 1 N–H and O–H groups in total. The van der Waals surface area contributed by atoms with E-state index in [-0.39, 0.29) is 23.9 Å². The number of para-hydroxylation sites is 1. The van der Waals surface area contributed by atoms with Crippen molar-refractivity contribution in [3.8, 4) is 11.4 Å². The van der Waals surface area contributed by atoms with Gasteiger partial charge in [-0.1, -0.05) is 36.0 Å². The Kier molecular flexibility index (Phi) is 4.95. The van der Waals surface area contributed by atoms with Crippen LogP contribution in [0, 0.1) is 0 Å². The fraction of sp³-hybridized carbons (Fsp3) is 0.182. The van der Waals surface area contributed by atoms with Gasteiger partial charge >= 0.3 is 0 Å². The van der Waals surface area contributed by atoms with E-state index in [1.807, 2.05) is 42.5 Å². The number of aromatic nitrogens is 4. The minimum atomic E-state index is -0.268. The number of hydrogen-bond acceptors (Lipinski definition) is 6. The normalized spacial score (nSPS) is 15.1. The summed E-state index contributed by atoms with van der Waals surface area (Å²) >= 11 is 1.48. The highest BCUT2D eigenvalue weighted by molar-refractivity contribution is 7.99. The number of amides is 1. The Hall–Kier alpha value is -3.59. The molecule has 0 aliphatic carbocycles. The van der Waals surface area contributed by atoms with Crippen molar-refractivity contribution in [1.82, 2.24) is 19.3 Å². The summed E-state index contributed by atoms with van der Waals surface area (Å²) in [5.41, 5.74) is 1.84. The van der Waals surface area contributed by atoms with Crippen molar-refractivity contribution in [2.45, 2.75) is 17.6 Å². The van der Waals surface area contributed by atoms with Crippen LogP contribution >= 0.6 is 11.8 Å². The number of anilines is 1. The van der Waals surface area contributed by atoms with Crippen molar-refractivity contribution in [2.24, 2.45) is 0 Å². The molecule has 1 amide bonds. The molecule has 2 aromatic heterocycles. The van der Waals surface area contributed by atoms with Crippen LogP contribution < -0.4 is 15.6 Å². The molecule has 31 heavy (non-hydrogen) atoms. The number of methoxy groups -OCH3 is 1. The fourth-order valence-corrected chi connectivity index (χ4v) is 4.80. The zero-order valence-corrected chi connectivity index (χ0v) is 17.5. The molecule has 4 aromatic rings. The van der Waals surface area contributed by atoms with E-state index in [0.717, 1.165) is 5.69 Å². The van der Waals surface area contributed by atoms with E-state index in [0.29, 0.717) is 33.4 Å². The van der Waals surface area contributed by atoms with Crippen LogP contribution in [0.1, 0.15) is 12.5 Å². The summed E-state index contributed by atoms with van der Waals surface area (Å²) in [7, 11) is 1.58. The maximum Gasteiger partial charge on any atom is 0.265 e. The molecule has 1 aliphatic rings. The van der Waals surface area contributed by atoms with Crippen LogP contribution in [-0.2, 0) is 4.79 Å². The van der Waals surface area contributed by atoms with Crippen molar-refractivity contribution in [3.63, 3.8) is 0 Å². The van der Waals surface area contributed by atoms with Crippen LogP contribution in [0.2, 0.25) is 0 Å². The molecule has 0 saturated carbocycles. The number of ether oxygens (including phenoxy) is 1. The van der Waals surface area contributed by atoms with Gasteiger partial charge in [-0.05, 0) is 24.3 Å². The van der Waals surface area contributed by atoms with E-state index in [1.165, 1.54) is 11.8 Å². The molecular weight excluding hydrogens is 414 g/mol. The topological polar surface area (TPSA) is 91.0 Å². The average molecular weight is 433 g/mol. The third-order valence-corrected chi connectivity index (χ3v) is 6.24. The zero-order chi connectivity index (χ0) is 21.4. The molecule has 0 bridgehead atoms. The molecular formula is C22H19N5O3S. The molecule has 2 aromatic carbocycles. The van der Waals surface area contributed by atoms with Crippen LogP contribution in [-0.4, -0.2) is 38.1 Å². The van der Waals surface area contributed by atoms with Gasteiger partial charge in [0.2, 0.25) is 5.91 Å². The second kappa shape index (κ2) is 7.92. The first-order chi connectivity index (χ1) is 15.1. The lowest BCUT2D eigenvalue weighted by Crippen LogP contribution is -2.27. The van der Waals surface area contributed by atoms with Crippen molar-refractivity contribution in [1.29, 1.82) is 0 Å². The number of fused-ring (bicyclic) bond motifs is 2. The Morgan fingerprint density at radius 1 is 1.23 bits per heavy atom. The first kappa shape index (κ1) is 19.4. The molecule has 5 rings (SSSR count). The third-order valence-electron chi connectivity index (χ3n) is 5.15. The largest absolute Gasteiger partial charge is 0.497 e. The van der Waals surface area contributed by atoms with Gasteiger partial charge in [-0.2, -0.15) is 5.10 Å². The minimum Gasteiger partial charge on any atom is -0.497 e. The molecule has 1 atom stereocenters. The number of carbonyl (C=O) groups excluding carboxylic acids is 1. The Labute approximate surface area is 181 Å². The third kappa shape index (κ3) is 3.57. The molecule has 9 heteroatoms. The van der Waals surface area contributed by atoms with Crippen molar-refractivity contribution >= 4 is 34.4 Å². The van der Waals surface area contributed by atoms with Crippen molar-refractivity contribution in [3.05, 3.63) is 71.1 Å². The summed E-state index contributed by atoms with van der Waals surface area (Å²) in [6, 6.07) is 16.5. The lowest BCUT2D eigenvalue weighted by Gasteiger charge is -2.14. The number of thioether (sulfide) groups is 1. The van der Waals surface area contributed by atoms with E-state index in [2.05, 4.69) is 10.4 Å². The van der Waals surface area contributed by atoms with Gasteiger partial charge in [-0.15, -0.1) is 0 Å². The van der Waals surface area contributed by atoms with Crippen LogP contribution in [0.3, 0.4) is 0 Å². The zero-order valence-electron chi connectivity index (χ0n) is 16.7. The first-order valence-electron chi connectivity index (χ1n) is 9.76. The van der Waals surface area contributed by atoms with Gasteiger partial charge < -0.3 is 10.1 Å². The molecule has 0 saturated heterocycles. The molecule has 0 unspecified atom stereocenters.